The summed E-state index contributed by atoms with van der Waals surface area (Å²) in [5.41, 5.74) is 3.05. The number of benzene rings is 3. The average Bonchev–Trinajstić information content (AvgIpc) is 3.36. The number of carbonyl (C=O) groups excluding carboxylic acids is 2. The molecular formula is C32H26ClN3O5. The second kappa shape index (κ2) is 10.1. The van der Waals surface area contributed by atoms with Crippen molar-refractivity contribution in [3.05, 3.63) is 123 Å². The van der Waals surface area contributed by atoms with Crippen LogP contribution in [0.5, 0.6) is 0 Å². The summed E-state index contributed by atoms with van der Waals surface area (Å²) in [4.78, 5) is 40.5. The van der Waals surface area contributed by atoms with Crippen LogP contribution < -0.4 is 10.2 Å². The summed E-state index contributed by atoms with van der Waals surface area (Å²) in [6.45, 7) is 4.10. The van der Waals surface area contributed by atoms with Crippen LogP contribution in [-0.4, -0.2) is 16.6 Å². The minimum atomic E-state index is -0.872. The number of rotatable bonds is 4. The van der Waals surface area contributed by atoms with Crippen LogP contribution in [0.4, 0.5) is 17.1 Å². The third-order valence-corrected chi connectivity index (χ3v) is 7.78. The van der Waals surface area contributed by atoms with Crippen molar-refractivity contribution in [3.63, 3.8) is 0 Å². The lowest BCUT2D eigenvalue weighted by atomic mass is 9.74. The fraction of sp³-hybridized carbons (Fsp3) is 0.188. The van der Waals surface area contributed by atoms with E-state index in [0.717, 1.165) is 5.70 Å². The lowest BCUT2D eigenvalue weighted by molar-refractivity contribution is -0.384. The van der Waals surface area contributed by atoms with Crippen LogP contribution in [0.25, 0.3) is 11.3 Å². The van der Waals surface area contributed by atoms with E-state index in [2.05, 4.69) is 19.2 Å². The molecule has 0 fully saturated rings. The van der Waals surface area contributed by atoms with Crippen LogP contribution in [-0.2, 0) is 4.79 Å². The van der Waals surface area contributed by atoms with E-state index in [-0.39, 0.29) is 27.8 Å². The first kappa shape index (κ1) is 26.5. The zero-order valence-electron chi connectivity index (χ0n) is 22.4. The van der Waals surface area contributed by atoms with Gasteiger partial charge in [-0.1, -0.05) is 55.8 Å². The number of Topliss-reactive ketones (excluding diaryl/α,β-unsaturated/α-hetero) is 1. The first-order valence-electron chi connectivity index (χ1n) is 13.2. The number of carbonyl (C=O) groups is 2. The molecule has 0 saturated carbocycles. The van der Waals surface area contributed by atoms with E-state index < -0.39 is 11.0 Å². The summed E-state index contributed by atoms with van der Waals surface area (Å²) < 4.78 is 6.36. The maximum absolute atomic E-state index is 14.3. The highest BCUT2D eigenvalue weighted by Gasteiger charge is 2.44. The number of amides is 1. The summed E-state index contributed by atoms with van der Waals surface area (Å²) in [6.07, 6.45) is 0.920. The molecule has 1 aromatic heterocycles. The predicted molar refractivity (Wildman–Crippen MR) is 157 cm³/mol. The van der Waals surface area contributed by atoms with Gasteiger partial charge in [-0.2, -0.15) is 0 Å². The van der Waals surface area contributed by atoms with Gasteiger partial charge in [-0.25, -0.2) is 0 Å². The number of halogens is 1. The van der Waals surface area contributed by atoms with Crippen molar-refractivity contribution in [2.75, 3.05) is 10.2 Å². The molecule has 41 heavy (non-hydrogen) atoms. The lowest BCUT2D eigenvalue weighted by Gasteiger charge is -2.36. The molecule has 1 atom stereocenters. The molecule has 6 rings (SSSR count). The second-order valence-electron chi connectivity index (χ2n) is 11.0. The van der Waals surface area contributed by atoms with Gasteiger partial charge in [0.15, 0.2) is 5.78 Å². The van der Waals surface area contributed by atoms with Gasteiger partial charge in [0.05, 0.1) is 21.3 Å². The van der Waals surface area contributed by atoms with Crippen molar-refractivity contribution >= 4 is 40.4 Å². The van der Waals surface area contributed by atoms with Crippen molar-refractivity contribution < 1.29 is 18.9 Å². The monoisotopic (exact) mass is 567 g/mol. The van der Waals surface area contributed by atoms with Gasteiger partial charge in [-0.05, 0) is 54.3 Å². The smallest absolute Gasteiger partial charge is 0.270 e. The lowest BCUT2D eigenvalue weighted by Crippen LogP contribution is -2.39. The molecule has 2 heterocycles. The molecule has 1 amide bonds. The van der Waals surface area contributed by atoms with E-state index in [4.69, 9.17) is 16.0 Å². The molecule has 1 aliphatic carbocycles. The number of nitrogens with one attached hydrogen (secondary N) is 1. The molecule has 1 unspecified atom stereocenters. The van der Waals surface area contributed by atoms with Crippen LogP contribution in [0.3, 0.4) is 0 Å². The maximum Gasteiger partial charge on any atom is 0.270 e. The topological polar surface area (TPSA) is 106 Å². The number of hydrogen-bond acceptors (Lipinski definition) is 6. The number of furan rings is 1. The Bertz CT molecular complexity index is 1740. The van der Waals surface area contributed by atoms with Crippen LogP contribution in [0.2, 0.25) is 5.02 Å². The molecule has 206 valence electrons. The average molecular weight is 568 g/mol. The Hall–Kier alpha value is -4.69. The summed E-state index contributed by atoms with van der Waals surface area (Å²) in [5, 5.41) is 14.9. The van der Waals surface area contributed by atoms with Crippen molar-refractivity contribution in [1.29, 1.82) is 0 Å². The SMILES string of the molecule is CC1(C)CC(=O)C2=C(C1)Nc1ccccc1N(C(=O)c1ccccc1)C2c1ccc(-c2ccc([N+](=O)[O-])cc2Cl)o1. The Kier molecular flexibility index (Phi) is 6.50. The summed E-state index contributed by atoms with van der Waals surface area (Å²) in [5.74, 6) is 0.377. The van der Waals surface area contributed by atoms with Crippen LogP contribution >= 0.6 is 11.6 Å². The van der Waals surface area contributed by atoms with E-state index in [0.29, 0.717) is 52.4 Å². The number of fused-ring (bicyclic) bond motifs is 1. The Balaban J connectivity index is 1.56. The number of nitrogens with zero attached hydrogens (tertiary/aromatic N) is 2. The maximum atomic E-state index is 14.3. The fourth-order valence-corrected chi connectivity index (χ4v) is 5.93. The molecule has 0 radical (unpaired) electrons. The quantitative estimate of drug-likeness (QED) is 0.198. The molecule has 3 aromatic carbocycles. The molecule has 0 bridgehead atoms. The first-order valence-corrected chi connectivity index (χ1v) is 13.6. The molecule has 0 saturated heterocycles. The zero-order chi connectivity index (χ0) is 28.9. The van der Waals surface area contributed by atoms with Gasteiger partial charge in [-0.15, -0.1) is 0 Å². The number of anilines is 2. The largest absolute Gasteiger partial charge is 0.458 e. The molecule has 8 nitrogen and oxygen atoms in total. The summed E-state index contributed by atoms with van der Waals surface area (Å²) >= 11 is 6.42. The van der Waals surface area contributed by atoms with Gasteiger partial charge in [0.2, 0.25) is 0 Å². The molecule has 9 heteroatoms. The van der Waals surface area contributed by atoms with Gasteiger partial charge in [0, 0.05) is 41.0 Å². The van der Waals surface area contributed by atoms with E-state index >= 15 is 0 Å². The third kappa shape index (κ3) is 4.80. The number of hydrogen-bond donors (Lipinski definition) is 1. The normalized spacial score (nSPS) is 17.8. The first-order chi connectivity index (χ1) is 19.6. The van der Waals surface area contributed by atoms with Crippen molar-refractivity contribution in [2.24, 2.45) is 5.41 Å². The predicted octanol–water partition coefficient (Wildman–Crippen LogP) is 7.97. The van der Waals surface area contributed by atoms with E-state index in [1.54, 1.807) is 41.3 Å². The Morgan fingerprint density at radius 2 is 1.76 bits per heavy atom. The number of nitro benzene ring substituents is 1. The number of allylic oxidation sites excluding steroid dienone is 1. The van der Waals surface area contributed by atoms with E-state index in [9.17, 15) is 19.7 Å². The van der Waals surface area contributed by atoms with Gasteiger partial charge in [-0.3, -0.25) is 24.6 Å². The molecule has 1 N–H and O–H groups in total. The minimum Gasteiger partial charge on any atom is -0.458 e. The highest BCUT2D eigenvalue weighted by molar-refractivity contribution is 6.33. The van der Waals surface area contributed by atoms with Crippen LogP contribution in [0.1, 0.15) is 48.8 Å². The number of non-ortho nitro benzene ring substituents is 1. The molecule has 1 aliphatic heterocycles. The Morgan fingerprint density at radius 3 is 2.49 bits per heavy atom. The van der Waals surface area contributed by atoms with Crippen molar-refractivity contribution in [3.8, 4) is 11.3 Å². The number of nitro groups is 1. The van der Waals surface area contributed by atoms with Gasteiger partial charge in [0.25, 0.3) is 11.6 Å². The van der Waals surface area contributed by atoms with Crippen molar-refractivity contribution in [2.45, 2.75) is 32.7 Å². The second-order valence-corrected chi connectivity index (χ2v) is 11.4. The van der Waals surface area contributed by atoms with Crippen LogP contribution in [0.15, 0.2) is 101 Å². The summed E-state index contributed by atoms with van der Waals surface area (Å²) in [7, 11) is 0. The highest BCUT2D eigenvalue weighted by atomic mass is 35.5. The van der Waals surface area contributed by atoms with E-state index in [1.807, 2.05) is 30.3 Å². The van der Waals surface area contributed by atoms with Crippen LogP contribution in [0, 0.1) is 15.5 Å². The van der Waals surface area contributed by atoms with Gasteiger partial charge >= 0.3 is 0 Å². The molecule has 4 aromatic rings. The standard InChI is InChI=1S/C32H26ClN3O5/c1-32(2)17-24-29(26(37)18-32)30(28-15-14-27(41-28)21-13-12-20(36(39)40)16-22(21)33)35(25-11-7-6-10-23(25)34-24)31(38)19-8-4-3-5-9-19/h3-16,30,34H,17-18H2,1-2H3. The van der Waals surface area contributed by atoms with E-state index in [1.165, 1.54) is 18.2 Å². The summed E-state index contributed by atoms with van der Waals surface area (Å²) in [6, 6.07) is 23.1. The Morgan fingerprint density at radius 1 is 1.02 bits per heavy atom. The molecular weight excluding hydrogens is 542 g/mol. The number of ketones is 1. The zero-order valence-corrected chi connectivity index (χ0v) is 23.1. The van der Waals surface area contributed by atoms with Crippen molar-refractivity contribution in [1.82, 2.24) is 0 Å². The number of para-hydroxylation sites is 2. The molecule has 0 spiro atoms. The highest BCUT2D eigenvalue weighted by Crippen LogP contribution is 2.49. The van der Waals surface area contributed by atoms with Gasteiger partial charge in [0.1, 0.15) is 17.6 Å². The minimum absolute atomic E-state index is 0.0706. The van der Waals surface area contributed by atoms with Gasteiger partial charge < -0.3 is 9.73 Å². The molecule has 2 aliphatic rings. The fourth-order valence-electron chi connectivity index (χ4n) is 5.66. The Labute approximate surface area is 241 Å². The third-order valence-electron chi connectivity index (χ3n) is 7.47.